The number of hydrogen-bond acceptors (Lipinski definition) is 7. The first-order valence-electron chi connectivity index (χ1n) is 14.6. The Labute approximate surface area is 254 Å². The van der Waals surface area contributed by atoms with Crippen LogP contribution in [-0.4, -0.2) is 49.1 Å². The smallest absolute Gasteiger partial charge is 0.178 e. The van der Waals surface area contributed by atoms with Crippen molar-refractivity contribution in [2.45, 2.75) is 18.3 Å². The van der Waals surface area contributed by atoms with Gasteiger partial charge in [0.1, 0.15) is 22.3 Å². The van der Waals surface area contributed by atoms with Crippen LogP contribution >= 0.6 is 0 Å². The molecule has 0 radical (unpaired) electrons. The maximum absolute atomic E-state index is 15.1. The molecule has 4 aromatic carbocycles. The predicted octanol–water partition coefficient (Wildman–Crippen LogP) is 5.71. The minimum absolute atomic E-state index is 0.0398. The lowest BCUT2D eigenvalue weighted by Crippen LogP contribution is -2.61. The highest BCUT2D eigenvalue weighted by Crippen LogP contribution is 2.70. The van der Waals surface area contributed by atoms with Crippen molar-refractivity contribution >= 4 is 23.1 Å². The molecular weight excluding hydrogens is 556 g/mol. The summed E-state index contributed by atoms with van der Waals surface area (Å²) in [4.78, 5) is 59.7. The van der Waals surface area contributed by atoms with Crippen molar-refractivity contribution in [2.24, 2.45) is 16.7 Å². The highest BCUT2D eigenvalue weighted by molar-refractivity contribution is 6.35. The van der Waals surface area contributed by atoms with E-state index in [0.717, 1.165) is 0 Å². The van der Waals surface area contributed by atoms with Crippen molar-refractivity contribution in [3.63, 3.8) is 0 Å². The average Bonchev–Trinajstić information content (AvgIpc) is 3.41. The van der Waals surface area contributed by atoms with Gasteiger partial charge in [-0.25, -0.2) is 0 Å². The topological polar surface area (TPSA) is 107 Å². The molecule has 1 N–H and O–H groups in total. The van der Waals surface area contributed by atoms with Crippen LogP contribution in [0.4, 0.5) is 0 Å². The molecule has 0 heterocycles. The summed E-state index contributed by atoms with van der Waals surface area (Å²) in [5.41, 5.74) is -1.54. The van der Waals surface area contributed by atoms with Gasteiger partial charge >= 0.3 is 0 Å². The fraction of sp³-hybridized carbons (Fsp3) is 0.243. The molecule has 7 heteroatoms. The van der Waals surface area contributed by atoms with Gasteiger partial charge in [-0.1, -0.05) is 72.8 Å². The first kappa shape index (κ1) is 27.9. The van der Waals surface area contributed by atoms with E-state index in [1.165, 1.54) is 7.11 Å². The molecule has 3 aliphatic carbocycles. The zero-order valence-electron chi connectivity index (χ0n) is 24.3. The van der Waals surface area contributed by atoms with E-state index in [0.29, 0.717) is 22.6 Å². The Morgan fingerprint density at radius 2 is 1.02 bits per heavy atom. The third-order valence-electron chi connectivity index (χ3n) is 10.0. The van der Waals surface area contributed by atoms with E-state index < -0.39 is 58.3 Å². The van der Waals surface area contributed by atoms with Crippen LogP contribution in [0.25, 0.3) is 0 Å². The molecule has 0 aromatic heterocycles. The highest BCUT2D eigenvalue weighted by Gasteiger charge is 2.75. The maximum Gasteiger partial charge on any atom is 0.178 e. The lowest BCUT2D eigenvalue weighted by atomic mass is 9.42. The Morgan fingerprint density at radius 1 is 0.614 bits per heavy atom. The molecule has 1 saturated carbocycles. The fourth-order valence-corrected chi connectivity index (χ4v) is 8.33. The van der Waals surface area contributed by atoms with Crippen molar-refractivity contribution in [3.8, 4) is 11.5 Å². The minimum atomic E-state index is -1.91. The number of rotatable bonds is 5. The van der Waals surface area contributed by atoms with E-state index in [-0.39, 0.29) is 28.7 Å². The lowest BCUT2D eigenvalue weighted by molar-refractivity contribution is -0.00590. The number of benzene rings is 4. The molecule has 44 heavy (non-hydrogen) atoms. The highest BCUT2D eigenvalue weighted by atomic mass is 16.5. The summed E-state index contributed by atoms with van der Waals surface area (Å²) in [6.45, 7) is -0.441. The number of methoxy groups -OCH3 is 2. The quantitative estimate of drug-likeness (QED) is 0.298. The Balaban J connectivity index is 1.60. The van der Waals surface area contributed by atoms with Gasteiger partial charge in [0.05, 0.1) is 14.2 Å². The zero-order valence-corrected chi connectivity index (χ0v) is 24.3. The van der Waals surface area contributed by atoms with Crippen LogP contribution in [0.2, 0.25) is 0 Å². The number of carbonyl (C=O) groups excluding carboxylic acids is 4. The molecule has 0 saturated heterocycles. The number of hydrogen-bond donors (Lipinski definition) is 1. The van der Waals surface area contributed by atoms with Gasteiger partial charge < -0.3 is 14.6 Å². The molecule has 4 aromatic rings. The summed E-state index contributed by atoms with van der Waals surface area (Å²) < 4.78 is 10.8. The second-order valence-electron chi connectivity index (χ2n) is 11.9. The van der Waals surface area contributed by atoms with Gasteiger partial charge in [-0.05, 0) is 47.7 Å². The molecule has 7 nitrogen and oxygen atoms in total. The van der Waals surface area contributed by atoms with E-state index >= 15 is 9.59 Å². The number of carbonyl (C=O) groups is 4. The van der Waals surface area contributed by atoms with Gasteiger partial charge in [0.2, 0.25) is 0 Å². The molecule has 3 aliphatic rings. The predicted molar refractivity (Wildman–Crippen MR) is 162 cm³/mol. The number of ether oxygens (including phenoxy) is 2. The van der Waals surface area contributed by atoms with Crippen LogP contribution in [-0.2, 0) is 0 Å². The van der Waals surface area contributed by atoms with E-state index in [1.54, 1.807) is 104 Å². The summed E-state index contributed by atoms with van der Waals surface area (Å²) in [6.07, 6.45) is -0.0398. The number of aliphatic hydroxyl groups is 1. The number of aliphatic hydroxyl groups excluding tert-OH is 1. The molecule has 0 aliphatic heterocycles. The molecule has 0 bridgehead atoms. The van der Waals surface area contributed by atoms with Crippen LogP contribution in [0.15, 0.2) is 97.1 Å². The third-order valence-corrected chi connectivity index (χ3v) is 10.0. The van der Waals surface area contributed by atoms with E-state index in [2.05, 4.69) is 0 Å². The normalized spacial score (nSPS) is 22.8. The molecule has 1 fully saturated rings. The third kappa shape index (κ3) is 3.47. The second kappa shape index (κ2) is 10.1. The molecular formula is C37H30O7. The van der Waals surface area contributed by atoms with Gasteiger partial charge in [0, 0.05) is 40.7 Å². The number of fused-ring (bicyclic) bond motifs is 2. The number of Topliss-reactive ketones (excluding diaryl/α,β-unsaturated/α-hetero) is 4. The average molecular weight is 587 g/mol. The Kier molecular flexibility index (Phi) is 6.41. The Morgan fingerprint density at radius 3 is 1.43 bits per heavy atom. The molecule has 220 valence electrons. The largest absolute Gasteiger partial charge is 0.497 e. The first-order valence-corrected chi connectivity index (χ1v) is 14.6. The maximum atomic E-state index is 15.1. The van der Waals surface area contributed by atoms with E-state index in [4.69, 9.17) is 9.47 Å². The molecule has 0 amide bonds. The van der Waals surface area contributed by atoms with Gasteiger partial charge in [0.15, 0.2) is 23.1 Å². The van der Waals surface area contributed by atoms with E-state index in [1.807, 2.05) is 0 Å². The van der Waals surface area contributed by atoms with Gasteiger partial charge in [0.25, 0.3) is 0 Å². The van der Waals surface area contributed by atoms with Crippen molar-refractivity contribution in [1.29, 1.82) is 0 Å². The van der Waals surface area contributed by atoms with Crippen LogP contribution < -0.4 is 9.47 Å². The van der Waals surface area contributed by atoms with Crippen molar-refractivity contribution < 1.29 is 33.8 Å². The minimum Gasteiger partial charge on any atom is -0.497 e. The Hall–Kier alpha value is -4.88. The summed E-state index contributed by atoms with van der Waals surface area (Å²) in [7, 11) is 3.08. The summed E-state index contributed by atoms with van der Waals surface area (Å²) in [6, 6.07) is 27.3. The van der Waals surface area contributed by atoms with E-state index in [9.17, 15) is 14.7 Å². The first-order chi connectivity index (χ1) is 21.3. The molecule has 0 unspecified atom stereocenters. The standard InChI is InChI=1S/C37H30O7/c1-43-24-15-11-21(12-16-24)30-23(20-38)19-36(32(39)26-7-3-4-8-27(26)33(36)40)31(22-13-17-25(44-2)18-14-22)37(30)34(41)28-9-5-6-10-29(28)35(37)42/h3-18,23,30-31,38H,19-20H2,1-2H3/t23-,30-,31+/m1/s1. The van der Waals surface area contributed by atoms with Crippen molar-refractivity contribution in [3.05, 3.63) is 130 Å². The number of ketones is 4. The van der Waals surface area contributed by atoms with Gasteiger partial charge in [-0.3, -0.25) is 19.2 Å². The lowest BCUT2D eigenvalue weighted by Gasteiger charge is -2.55. The molecule has 3 atom stereocenters. The van der Waals surface area contributed by atoms with Gasteiger partial charge in [-0.15, -0.1) is 0 Å². The Bertz CT molecular complexity index is 1770. The van der Waals surface area contributed by atoms with Crippen LogP contribution in [0.1, 0.15) is 70.8 Å². The summed E-state index contributed by atoms with van der Waals surface area (Å²) >= 11 is 0. The summed E-state index contributed by atoms with van der Waals surface area (Å²) in [5, 5.41) is 11.0. The second-order valence-corrected chi connectivity index (χ2v) is 11.9. The molecule has 7 rings (SSSR count). The monoisotopic (exact) mass is 586 g/mol. The van der Waals surface area contributed by atoms with Crippen LogP contribution in [0.5, 0.6) is 11.5 Å². The fourth-order valence-electron chi connectivity index (χ4n) is 8.33. The molecule has 2 spiro atoms. The van der Waals surface area contributed by atoms with Crippen LogP contribution in [0, 0.1) is 16.7 Å². The SMILES string of the molecule is COc1ccc([C@@H]2[C@@H](CO)CC3(C(=O)c4ccccc4C3=O)[C@H](c3ccc(OC)cc3)C23C(=O)c2ccccc2C3=O)cc1. The zero-order chi connectivity index (χ0) is 30.8. The van der Waals surface area contributed by atoms with Gasteiger partial charge in [-0.2, -0.15) is 0 Å². The van der Waals surface area contributed by atoms with Crippen molar-refractivity contribution in [2.75, 3.05) is 20.8 Å². The summed E-state index contributed by atoms with van der Waals surface area (Å²) in [5.74, 6) is -3.42. The van der Waals surface area contributed by atoms with Crippen LogP contribution in [0.3, 0.4) is 0 Å². The van der Waals surface area contributed by atoms with Crippen molar-refractivity contribution in [1.82, 2.24) is 0 Å².